The molecular weight excluding hydrogens is 321 g/mol. The molecule has 3 N–H and O–H groups in total. The van der Waals surface area contributed by atoms with Crippen LogP contribution in [0.2, 0.25) is 5.02 Å². The number of nitrogens with one attached hydrogen (secondary N) is 3. The minimum atomic E-state index is -0.636. The van der Waals surface area contributed by atoms with Crippen molar-refractivity contribution in [2.45, 2.75) is 0 Å². The lowest BCUT2D eigenvalue weighted by Gasteiger charge is -2.08. The number of amides is 2. The van der Waals surface area contributed by atoms with E-state index in [9.17, 15) is 14.0 Å². The molecule has 3 rings (SSSR count). The maximum Gasteiger partial charge on any atom is 0.271 e. The molecule has 0 fully saturated rings. The molecule has 0 radical (unpaired) electrons. The molecule has 0 spiro atoms. The number of aromatic amines is 1. The quantitative estimate of drug-likeness (QED) is 0.631. The van der Waals surface area contributed by atoms with E-state index in [0.29, 0.717) is 5.56 Å². The molecule has 1 heterocycles. The highest BCUT2D eigenvalue weighted by molar-refractivity contribution is 6.33. The molecule has 0 aliphatic carbocycles. The number of carbonyl (C=O) groups is 2. The molecule has 2 amide bonds. The van der Waals surface area contributed by atoms with Crippen LogP contribution < -0.4 is 10.9 Å². The summed E-state index contributed by atoms with van der Waals surface area (Å²) in [6, 6.07) is 10.7. The first-order valence-corrected chi connectivity index (χ1v) is 7.06. The van der Waals surface area contributed by atoms with E-state index < -0.39 is 17.6 Å². The van der Waals surface area contributed by atoms with E-state index in [1.165, 1.54) is 6.07 Å². The normalized spacial score (nSPS) is 10.5. The van der Waals surface area contributed by atoms with Gasteiger partial charge in [-0.25, -0.2) is 4.39 Å². The first-order chi connectivity index (χ1) is 11.1. The smallest absolute Gasteiger partial charge is 0.271 e. The Kier molecular flexibility index (Phi) is 3.99. The summed E-state index contributed by atoms with van der Waals surface area (Å²) in [4.78, 5) is 27.1. The Labute approximate surface area is 135 Å². The van der Waals surface area contributed by atoms with E-state index in [1.807, 2.05) is 18.2 Å². The summed E-state index contributed by atoms with van der Waals surface area (Å²) in [6.45, 7) is 0. The molecule has 1 aromatic heterocycles. The molecule has 3 aromatic rings. The van der Waals surface area contributed by atoms with Gasteiger partial charge in [-0.2, -0.15) is 0 Å². The number of fused-ring (bicyclic) bond motifs is 1. The zero-order chi connectivity index (χ0) is 16.4. The van der Waals surface area contributed by atoms with Crippen molar-refractivity contribution in [3.8, 4) is 0 Å². The van der Waals surface area contributed by atoms with E-state index in [4.69, 9.17) is 11.6 Å². The van der Waals surface area contributed by atoms with E-state index in [1.54, 1.807) is 12.3 Å². The van der Waals surface area contributed by atoms with E-state index in [0.717, 1.165) is 23.0 Å². The van der Waals surface area contributed by atoms with Crippen LogP contribution in [0.25, 0.3) is 10.9 Å². The van der Waals surface area contributed by atoms with Gasteiger partial charge in [0.2, 0.25) is 0 Å². The first kappa shape index (κ1) is 15.1. The monoisotopic (exact) mass is 331 g/mol. The van der Waals surface area contributed by atoms with Gasteiger partial charge in [-0.1, -0.05) is 29.8 Å². The van der Waals surface area contributed by atoms with Gasteiger partial charge in [-0.3, -0.25) is 20.4 Å². The summed E-state index contributed by atoms with van der Waals surface area (Å²) < 4.78 is 13.0. The van der Waals surface area contributed by atoms with Crippen molar-refractivity contribution in [1.29, 1.82) is 0 Å². The highest BCUT2D eigenvalue weighted by atomic mass is 35.5. The van der Waals surface area contributed by atoms with Crippen molar-refractivity contribution in [1.82, 2.24) is 15.8 Å². The van der Waals surface area contributed by atoms with Crippen molar-refractivity contribution in [3.05, 3.63) is 70.6 Å². The third-order valence-corrected chi connectivity index (χ3v) is 3.61. The van der Waals surface area contributed by atoms with Crippen LogP contribution in [0.15, 0.2) is 48.7 Å². The second-order valence-electron chi connectivity index (χ2n) is 4.78. The topological polar surface area (TPSA) is 74.0 Å². The number of para-hydroxylation sites is 1. The van der Waals surface area contributed by atoms with Gasteiger partial charge in [-0.15, -0.1) is 0 Å². The standard InChI is InChI=1S/C16H11ClFN3O2/c17-13-7-9(18)5-6-11(13)15(22)20-21-16(23)12-8-19-14-4-2-1-3-10(12)14/h1-8,19H,(H,20,22)(H,21,23). The largest absolute Gasteiger partial charge is 0.360 e. The van der Waals surface area contributed by atoms with Crippen LogP contribution in [0.5, 0.6) is 0 Å². The highest BCUT2D eigenvalue weighted by Crippen LogP contribution is 2.18. The second-order valence-corrected chi connectivity index (χ2v) is 5.19. The van der Waals surface area contributed by atoms with Crippen LogP contribution >= 0.6 is 11.6 Å². The van der Waals surface area contributed by atoms with Gasteiger partial charge in [0.05, 0.1) is 16.1 Å². The SMILES string of the molecule is O=C(NNC(=O)c1c[nH]c2ccccc12)c1ccc(F)cc1Cl. The van der Waals surface area contributed by atoms with Crippen molar-refractivity contribution in [3.63, 3.8) is 0 Å². The molecular formula is C16H11ClFN3O2. The Balaban J connectivity index is 1.72. The molecule has 0 saturated heterocycles. The number of carbonyl (C=O) groups excluding carboxylic acids is 2. The zero-order valence-corrected chi connectivity index (χ0v) is 12.4. The number of hydrogen-bond acceptors (Lipinski definition) is 2. The molecule has 7 heteroatoms. The summed E-state index contributed by atoms with van der Waals surface area (Å²) in [5.41, 5.74) is 5.83. The molecule has 0 saturated carbocycles. The molecule has 0 atom stereocenters. The predicted molar refractivity (Wildman–Crippen MR) is 84.6 cm³/mol. The van der Waals surface area contributed by atoms with Gasteiger partial charge in [0, 0.05) is 17.1 Å². The van der Waals surface area contributed by atoms with Gasteiger partial charge in [0.15, 0.2) is 0 Å². The lowest BCUT2D eigenvalue weighted by atomic mass is 10.2. The molecule has 23 heavy (non-hydrogen) atoms. The maximum absolute atomic E-state index is 13.0. The summed E-state index contributed by atoms with van der Waals surface area (Å²) in [6.07, 6.45) is 1.55. The predicted octanol–water partition coefficient (Wildman–Crippen LogP) is 3.04. The van der Waals surface area contributed by atoms with Gasteiger partial charge in [0.1, 0.15) is 5.82 Å². The van der Waals surface area contributed by atoms with Gasteiger partial charge >= 0.3 is 0 Å². The van der Waals surface area contributed by atoms with Crippen LogP contribution in [0.3, 0.4) is 0 Å². The third kappa shape index (κ3) is 3.02. The molecule has 0 bridgehead atoms. The number of halogens is 2. The summed E-state index contributed by atoms with van der Waals surface area (Å²) in [5.74, 6) is -1.66. The Hall–Kier alpha value is -2.86. The summed E-state index contributed by atoms with van der Waals surface area (Å²) in [5, 5.41) is 0.697. The summed E-state index contributed by atoms with van der Waals surface area (Å²) >= 11 is 5.80. The molecule has 0 aliphatic rings. The lowest BCUT2D eigenvalue weighted by molar-refractivity contribution is 0.0847. The van der Waals surface area contributed by atoms with Crippen LogP contribution in [0.4, 0.5) is 4.39 Å². The third-order valence-electron chi connectivity index (χ3n) is 3.30. The Morgan fingerprint density at radius 1 is 1.00 bits per heavy atom. The molecule has 0 unspecified atom stereocenters. The molecule has 116 valence electrons. The number of aromatic nitrogens is 1. The first-order valence-electron chi connectivity index (χ1n) is 6.68. The number of benzene rings is 2. The lowest BCUT2D eigenvalue weighted by Crippen LogP contribution is -2.41. The van der Waals surface area contributed by atoms with Crippen LogP contribution in [0, 0.1) is 5.82 Å². The zero-order valence-electron chi connectivity index (χ0n) is 11.7. The van der Waals surface area contributed by atoms with E-state index >= 15 is 0 Å². The van der Waals surface area contributed by atoms with Crippen LogP contribution in [-0.4, -0.2) is 16.8 Å². The van der Waals surface area contributed by atoms with Crippen molar-refractivity contribution in [2.75, 3.05) is 0 Å². The fraction of sp³-hybridized carbons (Fsp3) is 0. The maximum atomic E-state index is 13.0. The van der Waals surface area contributed by atoms with E-state index in [2.05, 4.69) is 15.8 Å². The minimum absolute atomic E-state index is 0.0381. The molecule has 2 aromatic carbocycles. The van der Waals surface area contributed by atoms with E-state index in [-0.39, 0.29) is 10.6 Å². The fourth-order valence-corrected chi connectivity index (χ4v) is 2.43. The molecule has 5 nitrogen and oxygen atoms in total. The Bertz CT molecular complexity index is 907. The summed E-state index contributed by atoms with van der Waals surface area (Å²) in [7, 11) is 0. The van der Waals surface area contributed by atoms with Gasteiger partial charge < -0.3 is 4.98 Å². The van der Waals surface area contributed by atoms with Crippen molar-refractivity contribution < 1.29 is 14.0 Å². The average molecular weight is 332 g/mol. The number of rotatable bonds is 2. The van der Waals surface area contributed by atoms with Crippen LogP contribution in [0.1, 0.15) is 20.7 Å². The average Bonchev–Trinajstić information content (AvgIpc) is 2.96. The fourth-order valence-electron chi connectivity index (χ4n) is 2.18. The Morgan fingerprint density at radius 3 is 2.43 bits per heavy atom. The number of hydrogen-bond donors (Lipinski definition) is 3. The van der Waals surface area contributed by atoms with Crippen molar-refractivity contribution in [2.24, 2.45) is 0 Å². The number of H-pyrrole nitrogens is 1. The molecule has 0 aliphatic heterocycles. The van der Waals surface area contributed by atoms with Crippen molar-refractivity contribution >= 4 is 34.3 Å². The minimum Gasteiger partial charge on any atom is -0.360 e. The Morgan fingerprint density at radius 2 is 1.70 bits per heavy atom. The van der Waals surface area contributed by atoms with Gasteiger partial charge in [-0.05, 0) is 24.3 Å². The van der Waals surface area contributed by atoms with Crippen LogP contribution in [-0.2, 0) is 0 Å². The highest BCUT2D eigenvalue weighted by Gasteiger charge is 2.15. The van der Waals surface area contributed by atoms with Gasteiger partial charge in [0.25, 0.3) is 11.8 Å². The second kappa shape index (κ2) is 6.10. The number of hydrazine groups is 1.